The van der Waals surface area contributed by atoms with Crippen molar-refractivity contribution in [1.82, 2.24) is 20.2 Å². The van der Waals surface area contributed by atoms with Crippen LogP contribution < -0.4 is 10.1 Å². The van der Waals surface area contributed by atoms with Crippen LogP contribution in [-0.4, -0.2) is 53.6 Å². The third-order valence-electron chi connectivity index (χ3n) is 6.19. The molecule has 7 heteroatoms. The Morgan fingerprint density at radius 2 is 1.94 bits per heavy atom. The third kappa shape index (κ3) is 5.43. The summed E-state index contributed by atoms with van der Waals surface area (Å²) >= 11 is 0. The van der Waals surface area contributed by atoms with Crippen molar-refractivity contribution in [3.63, 3.8) is 0 Å². The molecule has 3 aromatic rings. The lowest BCUT2D eigenvalue weighted by molar-refractivity contribution is 0.0725. The van der Waals surface area contributed by atoms with E-state index in [4.69, 9.17) is 4.74 Å². The van der Waals surface area contributed by atoms with Crippen molar-refractivity contribution >= 4 is 29.3 Å². The van der Waals surface area contributed by atoms with Crippen molar-refractivity contribution in [1.29, 1.82) is 0 Å². The molecule has 1 aliphatic heterocycles. The molecule has 1 aliphatic carbocycles. The van der Waals surface area contributed by atoms with E-state index in [9.17, 15) is 4.79 Å². The zero-order chi connectivity index (χ0) is 21.0. The summed E-state index contributed by atoms with van der Waals surface area (Å²) in [6.07, 6.45) is 5.70. The molecule has 5 rings (SSSR count). The van der Waals surface area contributed by atoms with Crippen molar-refractivity contribution in [2.24, 2.45) is 0 Å². The molecule has 1 saturated heterocycles. The highest BCUT2D eigenvalue weighted by Crippen LogP contribution is 2.40. The Balaban J connectivity index is 0.00000245. The highest BCUT2D eigenvalue weighted by molar-refractivity contribution is 5.94. The maximum Gasteiger partial charge on any atom is 0.289 e. The molecular formula is C25H31ClN4O2. The van der Waals surface area contributed by atoms with Crippen molar-refractivity contribution in [2.75, 3.05) is 32.8 Å². The summed E-state index contributed by atoms with van der Waals surface area (Å²) in [5.41, 5.74) is 4.46. The fourth-order valence-corrected chi connectivity index (χ4v) is 4.23. The summed E-state index contributed by atoms with van der Waals surface area (Å²) in [6, 6.07) is 14.8. The van der Waals surface area contributed by atoms with E-state index < -0.39 is 0 Å². The molecule has 1 aromatic heterocycles. The number of rotatable bonds is 8. The summed E-state index contributed by atoms with van der Waals surface area (Å²) in [6.45, 7) is 3.88. The number of hydrogen-bond acceptors (Lipinski definition) is 4. The van der Waals surface area contributed by atoms with Gasteiger partial charge in [-0.25, -0.2) is 4.98 Å². The summed E-state index contributed by atoms with van der Waals surface area (Å²) in [7, 11) is 0. The number of aromatic nitrogens is 2. The number of carbonyl (C=O) groups excluding carboxylic acids is 1. The van der Waals surface area contributed by atoms with Gasteiger partial charge >= 0.3 is 0 Å². The quantitative estimate of drug-likeness (QED) is 0.497. The lowest BCUT2D eigenvalue weighted by Gasteiger charge is -2.26. The van der Waals surface area contributed by atoms with Crippen LogP contribution >= 0.6 is 12.4 Å². The zero-order valence-electron chi connectivity index (χ0n) is 18.3. The van der Waals surface area contributed by atoms with Crippen molar-refractivity contribution < 1.29 is 9.53 Å². The lowest BCUT2D eigenvalue weighted by atomic mass is 10.1. The molecule has 2 aromatic carbocycles. The monoisotopic (exact) mass is 454 g/mol. The molecule has 0 unspecified atom stereocenters. The summed E-state index contributed by atoms with van der Waals surface area (Å²) < 4.78 is 5.96. The number of carbonyl (C=O) groups is 1. The molecule has 6 nitrogen and oxygen atoms in total. The third-order valence-corrected chi connectivity index (χ3v) is 6.19. The number of hydrogen-bond donors (Lipinski definition) is 2. The maximum absolute atomic E-state index is 12.7. The summed E-state index contributed by atoms with van der Waals surface area (Å²) in [4.78, 5) is 22.3. The van der Waals surface area contributed by atoms with Gasteiger partial charge in [0.05, 0.1) is 17.6 Å². The van der Waals surface area contributed by atoms with Gasteiger partial charge in [-0.2, -0.15) is 0 Å². The van der Waals surface area contributed by atoms with E-state index in [2.05, 4.69) is 51.7 Å². The van der Waals surface area contributed by atoms with Crippen LogP contribution in [0, 0.1) is 0 Å². The van der Waals surface area contributed by atoms with Gasteiger partial charge in [-0.3, -0.25) is 4.79 Å². The Kier molecular flexibility index (Phi) is 7.33. The van der Waals surface area contributed by atoms with E-state index in [1.165, 1.54) is 24.0 Å². The minimum Gasteiger partial charge on any atom is -0.494 e. The normalized spacial score (nSPS) is 16.1. The zero-order valence-corrected chi connectivity index (χ0v) is 19.1. The van der Waals surface area contributed by atoms with Crippen molar-refractivity contribution in [2.45, 2.75) is 38.0 Å². The number of amides is 1. The highest BCUT2D eigenvalue weighted by atomic mass is 35.5. The van der Waals surface area contributed by atoms with E-state index >= 15 is 0 Å². The first-order valence-corrected chi connectivity index (χ1v) is 11.5. The largest absolute Gasteiger partial charge is 0.494 e. The molecule has 0 atom stereocenters. The van der Waals surface area contributed by atoms with Gasteiger partial charge in [0.15, 0.2) is 5.82 Å². The standard InChI is InChI=1S/C25H30N4O2.ClH/c30-25(29-13-11-26-12-14-29)24-27-22-10-7-18(16-23(22)28-24)4-1-2-15-31-21-6-3-5-20(17-21)19-8-9-19;/h3,5-7,10,16-17,19,26H,1-2,4,8-9,11-15H2,(H,27,28);1H. The Bertz CT molecular complexity index is 1060. The number of nitrogens with one attached hydrogen (secondary N) is 2. The molecule has 32 heavy (non-hydrogen) atoms. The Hall–Kier alpha value is -2.57. The number of unbranched alkanes of at least 4 members (excludes halogenated alkanes) is 1. The Morgan fingerprint density at radius 3 is 2.75 bits per heavy atom. The number of nitrogens with zero attached hydrogens (tertiary/aromatic N) is 2. The molecule has 1 saturated carbocycles. The van der Waals surface area contributed by atoms with Gasteiger partial charge in [-0.05, 0) is 73.4 Å². The molecule has 2 aliphatic rings. The summed E-state index contributed by atoms with van der Waals surface area (Å²) in [5, 5.41) is 3.27. The number of aryl methyl sites for hydroxylation is 1. The van der Waals surface area contributed by atoms with Crippen LogP contribution in [0.2, 0.25) is 0 Å². The maximum atomic E-state index is 12.7. The molecule has 0 radical (unpaired) electrons. The van der Waals surface area contributed by atoms with E-state index in [0.717, 1.165) is 74.7 Å². The predicted molar refractivity (Wildman–Crippen MR) is 129 cm³/mol. The molecule has 0 spiro atoms. The fraction of sp³-hybridized carbons (Fsp3) is 0.440. The van der Waals surface area contributed by atoms with Crippen LogP contribution in [0.1, 0.15) is 53.3 Å². The number of aromatic amines is 1. The first kappa shape index (κ1) is 22.6. The molecule has 1 amide bonds. The van der Waals surface area contributed by atoms with E-state index in [1.807, 2.05) is 11.0 Å². The van der Waals surface area contributed by atoms with Crippen molar-refractivity contribution in [3.8, 4) is 5.75 Å². The number of ether oxygens (including phenoxy) is 1. The van der Waals surface area contributed by atoms with Crippen molar-refractivity contribution in [3.05, 3.63) is 59.4 Å². The van der Waals surface area contributed by atoms with E-state index in [1.54, 1.807) is 0 Å². The smallest absolute Gasteiger partial charge is 0.289 e. The average molecular weight is 455 g/mol. The number of piperazine rings is 1. The van der Waals surface area contributed by atoms with Gasteiger partial charge in [0, 0.05) is 26.2 Å². The molecule has 170 valence electrons. The minimum atomic E-state index is -0.0119. The van der Waals surface area contributed by atoms with E-state index in [0.29, 0.717) is 5.82 Å². The van der Waals surface area contributed by atoms with Crippen LogP contribution in [0.4, 0.5) is 0 Å². The second-order valence-electron chi connectivity index (χ2n) is 8.63. The van der Waals surface area contributed by atoms with Crippen LogP contribution in [0.15, 0.2) is 42.5 Å². The second kappa shape index (κ2) is 10.4. The van der Waals surface area contributed by atoms with Gasteiger partial charge in [0.1, 0.15) is 5.75 Å². The number of halogens is 1. The van der Waals surface area contributed by atoms with Gasteiger partial charge in [-0.1, -0.05) is 18.2 Å². The molecule has 0 bridgehead atoms. The predicted octanol–water partition coefficient (Wildman–Crippen LogP) is 4.31. The van der Waals surface area contributed by atoms with Gasteiger partial charge < -0.3 is 19.9 Å². The fourth-order valence-electron chi connectivity index (χ4n) is 4.23. The molecule has 2 fully saturated rings. The highest BCUT2D eigenvalue weighted by Gasteiger charge is 2.23. The molecule has 2 heterocycles. The van der Waals surface area contributed by atoms with Crippen LogP contribution in [0.3, 0.4) is 0 Å². The Labute approximate surface area is 195 Å². The van der Waals surface area contributed by atoms with Gasteiger partial charge in [0.25, 0.3) is 5.91 Å². The average Bonchev–Trinajstić information content (AvgIpc) is 3.58. The van der Waals surface area contributed by atoms with E-state index in [-0.39, 0.29) is 18.3 Å². The topological polar surface area (TPSA) is 70.2 Å². The first-order valence-electron chi connectivity index (χ1n) is 11.5. The number of fused-ring (bicyclic) bond motifs is 1. The van der Waals surface area contributed by atoms with Crippen LogP contribution in [-0.2, 0) is 6.42 Å². The van der Waals surface area contributed by atoms with Crippen LogP contribution in [0.25, 0.3) is 11.0 Å². The molecular weight excluding hydrogens is 424 g/mol. The Morgan fingerprint density at radius 1 is 1.09 bits per heavy atom. The van der Waals surface area contributed by atoms with Gasteiger partial charge in [0.2, 0.25) is 0 Å². The summed E-state index contributed by atoms with van der Waals surface area (Å²) in [5.74, 6) is 2.18. The number of imidazole rings is 1. The number of benzene rings is 2. The lowest BCUT2D eigenvalue weighted by Crippen LogP contribution is -2.46. The van der Waals surface area contributed by atoms with Crippen LogP contribution in [0.5, 0.6) is 5.75 Å². The van der Waals surface area contributed by atoms with Gasteiger partial charge in [-0.15, -0.1) is 12.4 Å². The minimum absolute atomic E-state index is 0. The number of H-pyrrole nitrogens is 1. The first-order chi connectivity index (χ1) is 15.3. The second-order valence-corrected chi connectivity index (χ2v) is 8.63. The SMILES string of the molecule is Cl.O=C(c1nc2ccc(CCCCOc3cccc(C4CC4)c3)cc2[nH]1)N1CCNCC1. The molecule has 2 N–H and O–H groups in total.